The topological polar surface area (TPSA) is 18.5 Å². The highest BCUT2D eigenvalue weighted by molar-refractivity contribution is 6.67. The minimum absolute atomic E-state index is 0.877. The van der Waals surface area contributed by atoms with Crippen LogP contribution in [0.4, 0.5) is 0 Å². The molecule has 2 nitrogen and oxygen atoms in total. The molecule has 0 saturated carbocycles. The maximum atomic E-state index is 6.35. The van der Waals surface area contributed by atoms with Crippen molar-refractivity contribution in [1.82, 2.24) is 0 Å². The molecule has 132 valence electrons. The normalized spacial score (nSPS) is 11.8. The van der Waals surface area contributed by atoms with Crippen LogP contribution in [0.15, 0.2) is 30.3 Å². The van der Waals surface area contributed by atoms with Gasteiger partial charge in [-0.3, -0.25) is 0 Å². The van der Waals surface area contributed by atoms with Crippen molar-refractivity contribution in [1.29, 1.82) is 0 Å². The van der Waals surface area contributed by atoms with E-state index in [9.17, 15) is 0 Å². The summed E-state index contributed by atoms with van der Waals surface area (Å²) in [5.41, 5.74) is 1.44. The molecule has 0 aliphatic heterocycles. The van der Waals surface area contributed by atoms with Crippen LogP contribution in [0, 0.1) is 0 Å². The van der Waals surface area contributed by atoms with Crippen LogP contribution in [0.25, 0.3) is 0 Å². The second-order valence-electron chi connectivity index (χ2n) is 6.47. The summed E-state index contributed by atoms with van der Waals surface area (Å²) in [6.07, 6.45) is 9.75. The highest BCUT2D eigenvalue weighted by atomic mass is 28.4. The predicted molar refractivity (Wildman–Crippen MR) is 102 cm³/mol. The van der Waals surface area contributed by atoms with E-state index in [2.05, 4.69) is 44.2 Å². The summed E-state index contributed by atoms with van der Waals surface area (Å²) in [6.45, 7) is 5.37. The van der Waals surface area contributed by atoms with E-state index in [1.54, 1.807) is 0 Å². The molecule has 0 aliphatic carbocycles. The van der Waals surface area contributed by atoms with E-state index in [1.165, 1.54) is 50.5 Å². The molecule has 0 radical (unpaired) electrons. The van der Waals surface area contributed by atoms with Crippen LogP contribution in [0.2, 0.25) is 12.1 Å². The molecular weight excluding hydrogens is 300 g/mol. The zero-order valence-corrected chi connectivity index (χ0v) is 16.5. The molecule has 1 aromatic carbocycles. The minimum atomic E-state index is -1.94. The molecule has 0 heterocycles. The van der Waals surface area contributed by atoms with Crippen molar-refractivity contribution >= 4 is 8.56 Å². The third-order valence-corrected chi connectivity index (χ3v) is 8.22. The van der Waals surface area contributed by atoms with E-state index in [4.69, 9.17) is 8.85 Å². The van der Waals surface area contributed by atoms with Crippen LogP contribution < -0.4 is 0 Å². The van der Waals surface area contributed by atoms with Gasteiger partial charge in [-0.1, -0.05) is 76.3 Å². The average molecular weight is 337 g/mol. The lowest BCUT2D eigenvalue weighted by molar-refractivity contribution is 0.191. The predicted octanol–water partition coefficient (Wildman–Crippen LogP) is 6.10. The fraction of sp³-hybridized carbons (Fsp3) is 0.700. The van der Waals surface area contributed by atoms with Gasteiger partial charge in [-0.2, -0.15) is 0 Å². The van der Waals surface area contributed by atoms with Crippen LogP contribution in [0.5, 0.6) is 0 Å². The van der Waals surface area contributed by atoms with Gasteiger partial charge < -0.3 is 8.85 Å². The van der Waals surface area contributed by atoms with Gasteiger partial charge in [0, 0.05) is 13.7 Å². The highest BCUT2D eigenvalue weighted by Crippen LogP contribution is 2.24. The number of benzene rings is 1. The van der Waals surface area contributed by atoms with Gasteiger partial charge in [-0.15, -0.1) is 0 Å². The first-order chi connectivity index (χ1) is 11.3. The average Bonchev–Trinajstić information content (AvgIpc) is 2.61. The molecule has 0 fully saturated rings. The summed E-state index contributed by atoms with van der Waals surface area (Å²) in [4.78, 5) is 0. The molecule has 0 aliphatic rings. The van der Waals surface area contributed by atoms with Crippen LogP contribution in [0.1, 0.15) is 64.4 Å². The van der Waals surface area contributed by atoms with E-state index in [1.807, 2.05) is 7.11 Å². The van der Waals surface area contributed by atoms with Gasteiger partial charge in [0.05, 0.1) is 0 Å². The number of hydrogen-bond acceptors (Lipinski definition) is 2. The molecule has 0 atom stereocenters. The third-order valence-electron chi connectivity index (χ3n) is 4.51. The first kappa shape index (κ1) is 20.4. The van der Waals surface area contributed by atoms with Crippen molar-refractivity contribution in [2.45, 2.75) is 77.3 Å². The van der Waals surface area contributed by atoms with Crippen molar-refractivity contribution < 1.29 is 8.85 Å². The SMILES string of the molecule is CCCC[Si](CCCC)(OC)OCCCCCc1ccccc1. The summed E-state index contributed by atoms with van der Waals surface area (Å²) in [5, 5.41) is 0. The summed E-state index contributed by atoms with van der Waals surface area (Å²) in [6, 6.07) is 13.1. The smallest absolute Gasteiger partial charge is 0.337 e. The molecule has 0 N–H and O–H groups in total. The first-order valence-corrected chi connectivity index (χ1v) is 11.7. The summed E-state index contributed by atoms with van der Waals surface area (Å²) < 4.78 is 12.3. The van der Waals surface area contributed by atoms with Crippen LogP contribution in [0.3, 0.4) is 0 Å². The molecule has 0 aromatic heterocycles. The van der Waals surface area contributed by atoms with E-state index in [0.717, 1.165) is 25.1 Å². The minimum Gasteiger partial charge on any atom is -0.398 e. The Labute approximate surface area is 144 Å². The summed E-state index contributed by atoms with van der Waals surface area (Å²) in [5.74, 6) is 0. The number of rotatable bonds is 14. The monoisotopic (exact) mass is 336 g/mol. The Morgan fingerprint density at radius 3 is 2.04 bits per heavy atom. The Hall–Kier alpha value is -0.643. The maximum absolute atomic E-state index is 6.35. The van der Waals surface area contributed by atoms with Gasteiger partial charge in [0.2, 0.25) is 0 Å². The lowest BCUT2D eigenvalue weighted by Gasteiger charge is -2.29. The van der Waals surface area contributed by atoms with Gasteiger partial charge in [-0.25, -0.2) is 0 Å². The number of unbranched alkanes of at least 4 members (excludes halogenated alkanes) is 4. The highest BCUT2D eigenvalue weighted by Gasteiger charge is 2.34. The maximum Gasteiger partial charge on any atom is 0.337 e. The quantitative estimate of drug-likeness (QED) is 0.302. The zero-order valence-electron chi connectivity index (χ0n) is 15.5. The molecule has 0 bridgehead atoms. The number of aryl methyl sites for hydroxylation is 1. The number of hydrogen-bond donors (Lipinski definition) is 0. The molecular formula is C20H36O2Si. The van der Waals surface area contributed by atoms with Gasteiger partial charge >= 0.3 is 8.56 Å². The van der Waals surface area contributed by atoms with Gasteiger partial charge in [0.1, 0.15) is 0 Å². The van der Waals surface area contributed by atoms with Gasteiger partial charge in [-0.05, 0) is 36.9 Å². The van der Waals surface area contributed by atoms with Crippen molar-refractivity contribution in [3.63, 3.8) is 0 Å². The van der Waals surface area contributed by atoms with Crippen molar-refractivity contribution in [2.75, 3.05) is 13.7 Å². The Bertz CT molecular complexity index is 372. The van der Waals surface area contributed by atoms with Crippen LogP contribution in [-0.4, -0.2) is 22.3 Å². The van der Waals surface area contributed by atoms with E-state index >= 15 is 0 Å². The lowest BCUT2D eigenvalue weighted by Crippen LogP contribution is -2.41. The Morgan fingerprint density at radius 2 is 1.48 bits per heavy atom. The molecule has 23 heavy (non-hydrogen) atoms. The summed E-state index contributed by atoms with van der Waals surface area (Å²) >= 11 is 0. The van der Waals surface area contributed by atoms with Crippen molar-refractivity contribution in [3.8, 4) is 0 Å². The fourth-order valence-corrected chi connectivity index (χ4v) is 6.30. The first-order valence-electron chi connectivity index (χ1n) is 9.49. The molecule has 1 rings (SSSR count). The second-order valence-corrected chi connectivity index (χ2v) is 9.98. The van der Waals surface area contributed by atoms with E-state index in [-0.39, 0.29) is 0 Å². The molecule has 0 unspecified atom stereocenters. The van der Waals surface area contributed by atoms with Crippen LogP contribution in [-0.2, 0) is 15.3 Å². The third kappa shape index (κ3) is 8.68. The fourth-order valence-electron chi connectivity index (χ4n) is 2.94. The molecule has 0 amide bonds. The van der Waals surface area contributed by atoms with Gasteiger partial charge in [0.15, 0.2) is 0 Å². The summed E-state index contributed by atoms with van der Waals surface area (Å²) in [7, 11) is -0.0675. The Balaban J connectivity index is 2.25. The van der Waals surface area contributed by atoms with Crippen molar-refractivity contribution in [2.24, 2.45) is 0 Å². The van der Waals surface area contributed by atoms with Crippen molar-refractivity contribution in [3.05, 3.63) is 35.9 Å². The zero-order chi connectivity index (χ0) is 16.8. The standard InChI is InChI=1S/C20H36O2Si/c1-4-6-18-23(21-3,19-7-5-2)22-17-13-9-12-16-20-14-10-8-11-15-20/h8,10-11,14-15H,4-7,9,12-13,16-19H2,1-3H3. The van der Waals surface area contributed by atoms with Crippen LogP contribution >= 0.6 is 0 Å². The molecule has 0 saturated heterocycles. The Morgan fingerprint density at radius 1 is 0.826 bits per heavy atom. The van der Waals surface area contributed by atoms with E-state index < -0.39 is 8.56 Å². The van der Waals surface area contributed by atoms with Gasteiger partial charge in [0.25, 0.3) is 0 Å². The second kappa shape index (κ2) is 12.7. The molecule has 1 aromatic rings. The lowest BCUT2D eigenvalue weighted by atomic mass is 10.1. The Kier molecular flexibility index (Phi) is 11.3. The molecule has 0 spiro atoms. The molecule has 3 heteroatoms. The van der Waals surface area contributed by atoms with E-state index in [0.29, 0.717) is 0 Å². The largest absolute Gasteiger partial charge is 0.398 e.